The second-order valence-corrected chi connectivity index (χ2v) is 10.5. The lowest BCUT2D eigenvalue weighted by atomic mass is 10.4. The third kappa shape index (κ3) is 8.44. The van der Waals surface area contributed by atoms with Gasteiger partial charge in [0, 0.05) is 28.3 Å². The lowest BCUT2D eigenvalue weighted by molar-refractivity contribution is 0.113. The van der Waals surface area contributed by atoms with Gasteiger partial charge in [-0.2, -0.15) is 0 Å². The predicted molar refractivity (Wildman–Crippen MR) is 63.8 cm³/mol. The molecule has 0 aromatic rings. The molecule has 0 aromatic heterocycles. The van der Waals surface area contributed by atoms with Crippen LogP contribution >= 0.6 is 0 Å². The Morgan fingerprint density at radius 2 is 2.00 bits per heavy atom. The van der Waals surface area contributed by atoms with Crippen LogP contribution < -0.4 is 0 Å². The quantitative estimate of drug-likeness (QED) is 0.711. The van der Waals surface area contributed by atoms with E-state index in [1.54, 1.807) is 7.05 Å². The Morgan fingerprint density at radius 3 is 2.47 bits per heavy atom. The van der Waals surface area contributed by atoms with Gasteiger partial charge in [-0.3, -0.25) is 0 Å². The van der Waals surface area contributed by atoms with Gasteiger partial charge in [-0.25, -0.2) is 4.79 Å². The molecular formula is C10H23NO3Si. The van der Waals surface area contributed by atoms with Gasteiger partial charge in [0.25, 0.3) is 0 Å². The summed E-state index contributed by atoms with van der Waals surface area (Å²) in [5.74, 6) is 0. The number of hydrogen-bond acceptors (Lipinski definition) is 3. The minimum Gasteiger partial charge on any atom is -0.450 e. The first kappa shape index (κ1) is 14.4. The molecule has 1 amide bonds. The van der Waals surface area contributed by atoms with Crippen molar-refractivity contribution >= 4 is 14.2 Å². The zero-order chi connectivity index (χ0) is 11.9. The molecular weight excluding hydrogens is 210 g/mol. The summed E-state index contributed by atoms with van der Waals surface area (Å²) in [5.41, 5.74) is 0. The van der Waals surface area contributed by atoms with E-state index in [9.17, 15) is 4.79 Å². The lowest BCUT2D eigenvalue weighted by Gasteiger charge is -2.19. The Balaban J connectivity index is 3.64. The fourth-order valence-corrected chi connectivity index (χ4v) is 1.67. The van der Waals surface area contributed by atoms with Crippen molar-refractivity contribution in [2.75, 3.05) is 26.8 Å². The van der Waals surface area contributed by atoms with Crippen molar-refractivity contribution in [3.05, 3.63) is 0 Å². The molecule has 0 aromatic carbocycles. The van der Waals surface area contributed by atoms with Crippen LogP contribution in [0.15, 0.2) is 0 Å². The molecule has 0 saturated carbocycles. The Bertz CT molecular complexity index is 192. The summed E-state index contributed by atoms with van der Waals surface area (Å²) >= 11 is 0. The molecule has 4 nitrogen and oxygen atoms in total. The van der Waals surface area contributed by atoms with Crippen molar-refractivity contribution in [3.8, 4) is 0 Å². The van der Waals surface area contributed by atoms with E-state index in [1.165, 1.54) is 4.90 Å². The lowest BCUT2D eigenvalue weighted by Crippen LogP contribution is -2.31. The van der Waals surface area contributed by atoms with Crippen molar-refractivity contribution < 1.29 is 14.6 Å². The van der Waals surface area contributed by atoms with Crippen molar-refractivity contribution in [1.29, 1.82) is 0 Å². The average molecular weight is 233 g/mol. The van der Waals surface area contributed by atoms with Crippen molar-refractivity contribution in [3.63, 3.8) is 0 Å². The third-order valence-corrected chi connectivity index (χ3v) is 3.75. The summed E-state index contributed by atoms with van der Waals surface area (Å²) in [7, 11) is 0.567. The highest BCUT2D eigenvalue weighted by molar-refractivity contribution is 6.76. The maximum Gasteiger partial charge on any atom is 0.409 e. The van der Waals surface area contributed by atoms with E-state index >= 15 is 0 Å². The molecule has 0 heterocycles. The third-order valence-electron chi connectivity index (χ3n) is 2.04. The fourth-order valence-electron chi connectivity index (χ4n) is 0.954. The molecule has 0 unspecified atom stereocenters. The molecule has 15 heavy (non-hydrogen) atoms. The summed E-state index contributed by atoms with van der Waals surface area (Å²) in [6.07, 6.45) is 0.307. The number of carbonyl (C=O) groups excluding carboxylic acids is 1. The van der Waals surface area contributed by atoms with Gasteiger partial charge >= 0.3 is 6.09 Å². The Hall–Kier alpha value is -0.553. The number of amides is 1. The second kappa shape index (κ2) is 6.84. The van der Waals surface area contributed by atoms with Gasteiger partial charge in [0.2, 0.25) is 0 Å². The molecule has 0 radical (unpaired) electrons. The van der Waals surface area contributed by atoms with E-state index in [-0.39, 0.29) is 12.7 Å². The van der Waals surface area contributed by atoms with Gasteiger partial charge in [0.15, 0.2) is 0 Å². The molecule has 0 atom stereocenters. The van der Waals surface area contributed by atoms with Gasteiger partial charge in [-0.15, -0.1) is 0 Å². The van der Waals surface area contributed by atoms with Crippen LogP contribution in [0.5, 0.6) is 0 Å². The fraction of sp³-hybridized carbons (Fsp3) is 0.900. The highest BCUT2D eigenvalue weighted by Crippen LogP contribution is 2.08. The Kier molecular flexibility index (Phi) is 6.59. The van der Waals surface area contributed by atoms with Crippen molar-refractivity contribution in [2.45, 2.75) is 32.1 Å². The van der Waals surface area contributed by atoms with E-state index in [0.717, 1.165) is 6.04 Å². The first-order valence-corrected chi connectivity index (χ1v) is 9.06. The average Bonchev–Trinajstić information content (AvgIpc) is 2.11. The summed E-state index contributed by atoms with van der Waals surface area (Å²) < 4.78 is 5.12. The smallest absolute Gasteiger partial charge is 0.409 e. The SMILES string of the molecule is CN(CCCO)C(=O)OCC[Si](C)(C)C. The van der Waals surface area contributed by atoms with Crippen LogP contribution in [0.2, 0.25) is 25.7 Å². The first-order chi connectivity index (χ1) is 6.87. The number of carbonyl (C=O) groups is 1. The molecule has 0 bridgehead atoms. The number of ether oxygens (including phenoxy) is 1. The van der Waals surface area contributed by atoms with E-state index in [2.05, 4.69) is 19.6 Å². The van der Waals surface area contributed by atoms with Crippen LogP contribution in [0.4, 0.5) is 4.79 Å². The highest BCUT2D eigenvalue weighted by atomic mass is 28.3. The maximum absolute atomic E-state index is 11.4. The molecule has 5 heteroatoms. The summed E-state index contributed by atoms with van der Waals surface area (Å²) in [6, 6.07) is 0.993. The van der Waals surface area contributed by atoms with Crippen LogP contribution in [0.25, 0.3) is 0 Å². The van der Waals surface area contributed by atoms with E-state index < -0.39 is 8.07 Å². The molecule has 1 N–H and O–H groups in total. The number of aliphatic hydroxyl groups is 1. The van der Waals surface area contributed by atoms with Gasteiger partial charge < -0.3 is 14.7 Å². The van der Waals surface area contributed by atoms with E-state index in [4.69, 9.17) is 9.84 Å². The van der Waals surface area contributed by atoms with Crippen molar-refractivity contribution in [2.24, 2.45) is 0 Å². The van der Waals surface area contributed by atoms with Gasteiger partial charge in [-0.1, -0.05) is 19.6 Å². The van der Waals surface area contributed by atoms with Gasteiger partial charge in [0.1, 0.15) is 0 Å². The van der Waals surface area contributed by atoms with Crippen LogP contribution in [0.1, 0.15) is 6.42 Å². The van der Waals surface area contributed by atoms with Crippen LogP contribution in [0, 0.1) is 0 Å². The maximum atomic E-state index is 11.4. The topological polar surface area (TPSA) is 49.8 Å². The van der Waals surface area contributed by atoms with E-state index in [1.807, 2.05) is 0 Å². The monoisotopic (exact) mass is 233 g/mol. The van der Waals surface area contributed by atoms with Gasteiger partial charge in [0.05, 0.1) is 6.61 Å². The molecule has 90 valence electrons. The molecule has 0 aliphatic carbocycles. The van der Waals surface area contributed by atoms with E-state index in [0.29, 0.717) is 19.6 Å². The molecule has 0 aliphatic rings. The van der Waals surface area contributed by atoms with Crippen LogP contribution in [0.3, 0.4) is 0 Å². The number of nitrogens with zero attached hydrogens (tertiary/aromatic N) is 1. The zero-order valence-corrected chi connectivity index (χ0v) is 11.2. The minimum atomic E-state index is -1.12. The molecule has 0 rings (SSSR count). The number of hydrogen-bond donors (Lipinski definition) is 1. The van der Waals surface area contributed by atoms with Gasteiger partial charge in [-0.05, 0) is 12.5 Å². The highest BCUT2D eigenvalue weighted by Gasteiger charge is 2.15. The molecule has 0 fully saturated rings. The first-order valence-electron chi connectivity index (χ1n) is 5.35. The Morgan fingerprint density at radius 1 is 1.40 bits per heavy atom. The second-order valence-electron chi connectivity index (χ2n) is 4.92. The number of aliphatic hydroxyl groups excluding tert-OH is 1. The largest absolute Gasteiger partial charge is 0.450 e. The summed E-state index contributed by atoms with van der Waals surface area (Å²) in [6.45, 7) is 7.90. The number of rotatable bonds is 6. The zero-order valence-electron chi connectivity index (χ0n) is 10.2. The molecule has 0 saturated heterocycles. The molecule has 0 spiro atoms. The normalized spacial score (nSPS) is 11.3. The standard InChI is InChI=1S/C10H23NO3Si/c1-11(6-5-7-12)10(13)14-8-9-15(2,3)4/h12H,5-9H2,1-4H3. The van der Waals surface area contributed by atoms with Crippen molar-refractivity contribution in [1.82, 2.24) is 4.90 Å². The summed E-state index contributed by atoms with van der Waals surface area (Å²) in [4.78, 5) is 12.9. The predicted octanol–water partition coefficient (Wildman–Crippen LogP) is 1.78. The summed E-state index contributed by atoms with van der Waals surface area (Å²) in [5, 5.41) is 8.61. The minimum absolute atomic E-state index is 0.104. The molecule has 0 aliphatic heterocycles. The van der Waals surface area contributed by atoms with Crippen LogP contribution in [-0.4, -0.2) is 51.0 Å². The Labute approximate surface area is 93.2 Å². The van der Waals surface area contributed by atoms with Crippen LogP contribution in [-0.2, 0) is 4.74 Å².